The van der Waals surface area contributed by atoms with Crippen molar-refractivity contribution in [3.63, 3.8) is 0 Å². The van der Waals surface area contributed by atoms with Gasteiger partial charge in [0.05, 0.1) is 12.1 Å². The van der Waals surface area contributed by atoms with Crippen molar-refractivity contribution in [1.82, 2.24) is 10.6 Å². The average molecular weight is 317 g/mol. The molecule has 5 nitrogen and oxygen atoms in total. The van der Waals surface area contributed by atoms with Crippen LogP contribution in [0.15, 0.2) is 24.3 Å². The topological polar surface area (TPSA) is 70.2 Å². The number of hydrogen-bond donors (Lipinski definition) is 3. The lowest BCUT2D eigenvalue weighted by atomic mass is 10.1. The number of carbonyl (C=O) groups excluding carboxylic acids is 2. The molecule has 8 heteroatoms. The van der Waals surface area contributed by atoms with Crippen LogP contribution in [0.2, 0.25) is 0 Å². The van der Waals surface area contributed by atoms with Crippen molar-refractivity contribution < 1.29 is 22.8 Å². The van der Waals surface area contributed by atoms with Gasteiger partial charge in [-0.1, -0.05) is 19.1 Å². The van der Waals surface area contributed by atoms with Crippen molar-refractivity contribution in [3.8, 4) is 0 Å². The Hall–Kier alpha value is -2.25. The molecule has 0 aromatic heterocycles. The molecule has 1 rings (SSSR count). The molecule has 0 radical (unpaired) electrons. The summed E-state index contributed by atoms with van der Waals surface area (Å²) in [5.74, 6) is -1.11. The van der Waals surface area contributed by atoms with Crippen LogP contribution in [0.4, 0.5) is 18.9 Å². The van der Waals surface area contributed by atoms with Gasteiger partial charge in [-0.05, 0) is 18.6 Å². The lowest BCUT2D eigenvalue weighted by Crippen LogP contribution is -2.34. The fourth-order valence-electron chi connectivity index (χ4n) is 1.61. The minimum Gasteiger partial charge on any atom is -0.376 e. The maximum Gasteiger partial charge on any atom is 0.405 e. The summed E-state index contributed by atoms with van der Waals surface area (Å²) in [6.07, 6.45) is -3.68. The summed E-state index contributed by atoms with van der Waals surface area (Å²) in [4.78, 5) is 23.3. The predicted octanol–water partition coefficient (Wildman–Crippen LogP) is 1.92. The molecule has 22 heavy (non-hydrogen) atoms. The third-order valence-corrected chi connectivity index (χ3v) is 2.63. The zero-order chi connectivity index (χ0) is 16.6. The Morgan fingerprint density at radius 3 is 2.45 bits per heavy atom. The van der Waals surface area contributed by atoms with Crippen molar-refractivity contribution in [1.29, 1.82) is 0 Å². The Balaban J connectivity index is 2.65. The molecule has 0 saturated carbocycles. The average Bonchev–Trinajstić information content (AvgIpc) is 2.48. The second-order valence-corrected chi connectivity index (χ2v) is 4.55. The molecule has 0 atom stereocenters. The van der Waals surface area contributed by atoms with E-state index in [9.17, 15) is 22.8 Å². The van der Waals surface area contributed by atoms with Crippen LogP contribution >= 0.6 is 0 Å². The second-order valence-electron chi connectivity index (χ2n) is 4.55. The highest BCUT2D eigenvalue weighted by Gasteiger charge is 2.28. The van der Waals surface area contributed by atoms with Crippen LogP contribution in [0.1, 0.15) is 23.7 Å². The zero-order valence-corrected chi connectivity index (χ0v) is 12.1. The van der Waals surface area contributed by atoms with Gasteiger partial charge in [0.15, 0.2) is 0 Å². The van der Waals surface area contributed by atoms with E-state index in [0.717, 1.165) is 6.42 Å². The summed E-state index contributed by atoms with van der Waals surface area (Å²) in [6.45, 7) is 0.975. The number of halogens is 3. The number of alkyl halides is 3. The molecule has 0 spiro atoms. The van der Waals surface area contributed by atoms with Gasteiger partial charge in [-0.15, -0.1) is 0 Å². The fourth-order valence-corrected chi connectivity index (χ4v) is 1.61. The number of amides is 2. The first-order valence-corrected chi connectivity index (χ1v) is 6.78. The highest BCUT2D eigenvalue weighted by molar-refractivity contribution is 6.00. The van der Waals surface area contributed by atoms with E-state index in [0.29, 0.717) is 12.2 Å². The van der Waals surface area contributed by atoms with Crippen LogP contribution in [0.3, 0.4) is 0 Å². The Kier molecular flexibility index (Phi) is 6.68. The Bertz CT molecular complexity index is 518. The normalized spacial score (nSPS) is 10.9. The number of carbonyl (C=O) groups is 2. The van der Waals surface area contributed by atoms with E-state index in [4.69, 9.17) is 0 Å². The molecule has 0 aliphatic heterocycles. The monoisotopic (exact) mass is 317 g/mol. The molecule has 0 bridgehead atoms. The maximum atomic E-state index is 12.1. The molecular weight excluding hydrogens is 299 g/mol. The molecule has 0 fully saturated rings. The molecule has 1 aromatic rings. The zero-order valence-electron chi connectivity index (χ0n) is 12.1. The van der Waals surface area contributed by atoms with Crippen molar-refractivity contribution in [2.75, 3.05) is 25.0 Å². The number of anilines is 1. The van der Waals surface area contributed by atoms with Gasteiger partial charge in [0.1, 0.15) is 6.54 Å². The van der Waals surface area contributed by atoms with Gasteiger partial charge in [0.2, 0.25) is 5.91 Å². The van der Waals surface area contributed by atoms with Gasteiger partial charge in [-0.25, -0.2) is 0 Å². The first kappa shape index (κ1) is 17.8. The predicted molar refractivity (Wildman–Crippen MR) is 76.6 cm³/mol. The number of benzene rings is 1. The van der Waals surface area contributed by atoms with Crippen LogP contribution in [-0.4, -0.2) is 37.6 Å². The van der Waals surface area contributed by atoms with Gasteiger partial charge in [0.25, 0.3) is 5.91 Å². The number of para-hydroxylation sites is 1. The second kappa shape index (κ2) is 8.26. The largest absolute Gasteiger partial charge is 0.405 e. The minimum absolute atomic E-state index is 0.0510. The minimum atomic E-state index is -4.47. The number of rotatable bonds is 7. The first-order chi connectivity index (χ1) is 10.3. The molecule has 3 N–H and O–H groups in total. The molecule has 122 valence electrons. The summed E-state index contributed by atoms with van der Waals surface area (Å²) >= 11 is 0. The van der Waals surface area contributed by atoms with Crippen molar-refractivity contribution in [2.24, 2.45) is 0 Å². The van der Waals surface area contributed by atoms with Gasteiger partial charge in [-0.2, -0.15) is 13.2 Å². The third kappa shape index (κ3) is 6.47. The summed E-state index contributed by atoms with van der Waals surface area (Å²) < 4.78 is 36.4. The van der Waals surface area contributed by atoms with Gasteiger partial charge >= 0.3 is 6.18 Å². The van der Waals surface area contributed by atoms with Crippen molar-refractivity contribution in [3.05, 3.63) is 29.8 Å². The molecule has 0 heterocycles. The van der Waals surface area contributed by atoms with E-state index in [1.165, 1.54) is 18.2 Å². The maximum absolute atomic E-state index is 12.1. The highest BCUT2D eigenvalue weighted by atomic mass is 19.4. The summed E-state index contributed by atoms with van der Waals surface area (Å²) in [5.41, 5.74) is 0.351. The molecule has 1 aromatic carbocycles. The van der Waals surface area contributed by atoms with Gasteiger partial charge in [0, 0.05) is 12.2 Å². The van der Waals surface area contributed by atoms with E-state index in [-0.39, 0.29) is 18.0 Å². The lowest BCUT2D eigenvalue weighted by Gasteiger charge is -2.13. The molecule has 0 aliphatic rings. The van der Waals surface area contributed by atoms with Crippen LogP contribution in [0.5, 0.6) is 0 Å². The quantitative estimate of drug-likeness (QED) is 0.719. The Morgan fingerprint density at radius 1 is 1.14 bits per heavy atom. The van der Waals surface area contributed by atoms with Crippen LogP contribution < -0.4 is 16.0 Å². The van der Waals surface area contributed by atoms with Gasteiger partial charge < -0.3 is 16.0 Å². The summed E-state index contributed by atoms with van der Waals surface area (Å²) in [7, 11) is 0. The third-order valence-electron chi connectivity index (χ3n) is 2.63. The Morgan fingerprint density at radius 2 is 1.82 bits per heavy atom. The first-order valence-electron chi connectivity index (χ1n) is 6.78. The van der Waals surface area contributed by atoms with Crippen LogP contribution in [0.25, 0.3) is 0 Å². The van der Waals surface area contributed by atoms with E-state index < -0.39 is 18.6 Å². The highest BCUT2D eigenvalue weighted by Crippen LogP contribution is 2.16. The van der Waals surface area contributed by atoms with E-state index in [2.05, 4.69) is 10.6 Å². The number of nitrogens with one attached hydrogen (secondary N) is 3. The van der Waals surface area contributed by atoms with E-state index in [1.807, 2.05) is 6.92 Å². The SMILES string of the molecule is CCCNC(=O)CNc1ccccc1C(=O)NCC(F)(F)F. The summed E-state index contributed by atoms with van der Waals surface area (Å²) in [6, 6.07) is 6.06. The smallest absolute Gasteiger partial charge is 0.376 e. The van der Waals surface area contributed by atoms with E-state index >= 15 is 0 Å². The Labute approximate surface area is 126 Å². The molecule has 0 aliphatic carbocycles. The molecule has 0 saturated heterocycles. The van der Waals surface area contributed by atoms with Crippen molar-refractivity contribution in [2.45, 2.75) is 19.5 Å². The molecule has 0 unspecified atom stereocenters. The fraction of sp³-hybridized carbons (Fsp3) is 0.429. The van der Waals surface area contributed by atoms with Crippen LogP contribution in [0, 0.1) is 0 Å². The standard InChI is InChI=1S/C14H18F3N3O2/c1-2-7-18-12(21)8-19-11-6-4-3-5-10(11)13(22)20-9-14(15,16)17/h3-6,19H,2,7-9H2,1H3,(H,18,21)(H,20,22). The summed E-state index contributed by atoms with van der Waals surface area (Å²) in [5, 5.41) is 7.19. The number of hydrogen-bond acceptors (Lipinski definition) is 3. The van der Waals surface area contributed by atoms with Gasteiger partial charge in [-0.3, -0.25) is 9.59 Å². The molecular formula is C14H18F3N3O2. The molecule has 2 amide bonds. The van der Waals surface area contributed by atoms with E-state index in [1.54, 1.807) is 11.4 Å². The van der Waals surface area contributed by atoms with Crippen LogP contribution in [-0.2, 0) is 4.79 Å². The van der Waals surface area contributed by atoms with Crippen molar-refractivity contribution >= 4 is 17.5 Å². The lowest BCUT2D eigenvalue weighted by molar-refractivity contribution is -0.123.